The number of pyridine rings is 1. The summed E-state index contributed by atoms with van der Waals surface area (Å²) in [6, 6.07) is 0. The summed E-state index contributed by atoms with van der Waals surface area (Å²) in [6.45, 7) is 0. The number of halogens is 6. The van der Waals surface area contributed by atoms with Gasteiger partial charge in [-0.2, -0.15) is 0 Å². The molecule has 1 heterocycles. The third-order valence-electron chi connectivity index (χ3n) is 2.35. The van der Waals surface area contributed by atoms with Crippen LogP contribution in [-0.2, 0) is 21.3 Å². The van der Waals surface area contributed by atoms with Gasteiger partial charge in [-0.15, -0.1) is 13.2 Å². The Kier molecular flexibility index (Phi) is 5.87. The molecule has 1 aromatic rings. The highest BCUT2D eigenvalue weighted by atomic mass is 79.9. The number of aromatic nitrogens is 1. The van der Waals surface area contributed by atoms with Crippen LogP contribution in [-0.4, -0.2) is 24.4 Å². The second kappa shape index (κ2) is 7.01. The van der Waals surface area contributed by atoms with Gasteiger partial charge in [0.15, 0.2) is 0 Å². The molecule has 0 saturated heterocycles. The number of carbonyl (C=O) groups excluding carboxylic acids is 1. The summed E-state index contributed by atoms with van der Waals surface area (Å²) >= 11 is 2.90. The van der Waals surface area contributed by atoms with Crippen LogP contribution < -0.4 is 4.74 Å². The predicted molar refractivity (Wildman–Crippen MR) is 64.2 cm³/mol. The summed E-state index contributed by atoms with van der Waals surface area (Å²) in [5.74, 6) is -1.85. The van der Waals surface area contributed by atoms with E-state index in [-0.39, 0.29) is 10.9 Å². The first-order chi connectivity index (χ1) is 9.69. The smallest absolute Gasteiger partial charge is 0.469 e. The second-order valence-electron chi connectivity index (χ2n) is 3.71. The maximum absolute atomic E-state index is 12.9. The molecule has 1 aromatic heterocycles. The summed E-state index contributed by atoms with van der Waals surface area (Å²) in [5.41, 5.74) is -1.72. The summed E-state index contributed by atoms with van der Waals surface area (Å²) in [4.78, 5) is 14.6. The van der Waals surface area contributed by atoms with Crippen LogP contribution in [0.5, 0.6) is 5.75 Å². The number of rotatable bonds is 5. The van der Waals surface area contributed by atoms with Crippen molar-refractivity contribution in [2.45, 2.75) is 24.5 Å². The zero-order valence-electron chi connectivity index (χ0n) is 10.5. The number of hydrogen-bond donors (Lipinski definition) is 0. The van der Waals surface area contributed by atoms with E-state index in [1.54, 1.807) is 0 Å². The van der Waals surface area contributed by atoms with Gasteiger partial charge < -0.3 is 9.47 Å². The van der Waals surface area contributed by atoms with Gasteiger partial charge in [-0.1, -0.05) is 15.9 Å². The van der Waals surface area contributed by atoms with Gasteiger partial charge in [0.2, 0.25) is 0 Å². The molecule has 0 fully saturated rings. The van der Waals surface area contributed by atoms with Gasteiger partial charge in [-0.25, -0.2) is 8.78 Å². The van der Waals surface area contributed by atoms with Crippen LogP contribution in [0.1, 0.15) is 23.2 Å². The zero-order chi connectivity index (χ0) is 16.2. The molecule has 0 N–H and O–H groups in total. The summed E-state index contributed by atoms with van der Waals surface area (Å²) in [5, 5.41) is -0.122. The van der Waals surface area contributed by atoms with Gasteiger partial charge in [0, 0.05) is 22.7 Å². The number of nitrogens with zero attached hydrogens (tertiary/aromatic N) is 1. The third-order valence-corrected chi connectivity index (χ3v) is 2.96. The lowest BCUT2D eigenvalue weighted by Gasteiger charge is -2.18. The molecule has 0 amide bonds. The maximum Gasteiger partial charge on any atom is 0.573 e. The van der Waals surface area contributed by atoms with Gasteiger partial charge in [0.1, 0.15) is 11.4 Å². The van der Waals surface area contributed by atoms with E-state index < -0.39 is 42.2 Å². The molecule has 0 aliphatic heterocycles. The van der Waals surface area contributed by atoms with E-state index >= 15 is 0 Å². The van der Waals surface area contributed by atoms with Crippen molar-refractivity contribution in [2.24, 2.45) is 0 Å². The van der Waals surface area contributed by atoms with E-state index in [0.29, 0.717) is 0 Å². The lowest BCUT2D eigenvalue weighted by Crippen LogP contribution is -2.21. The molecule has 1 rings (SSSR count). The minimum atomic E-state index is -5.09. The lowest BCUT2D eigenvalue weighted by molar-refractivity contribution is -0.275. The SMILES string of the molecule is COC(=O)Cc1c(C(F)F)ncc(CBr)c1OC(F)(F)F. The number of carbonyl (C=O) groups is 1. The van der Waals surface area contributed by atoms with Crippen molar-refractivity contribution in [3.05, 3.63) is 23.0 Å². The molecule has 21 heavy (non-hydrogen) atoms. The van der Waals surface area contributed by atoms with Gasteiger partial charge in [0.05, 0.1) is 13.5 Å². The van der Waals surface area contributed by atoms with Crippen LogP contribution in [0, 0.1) is 0 Å². The molecule has 0 aliphatic rings. The van der Waals surface area contributed by atoms with Crippen LogP contribution in [0.3, 0.4) is 0 Å². The highest BCUT2D eigenvalue weighted by molar-refractivity contribution is 9.08. The molecular formula is C11H9BrF5NO3. The largest absolute Gasteiger partial charge is 0.573 e. The fourth-order valence-corrected chi connectivity index (χ4v) is 1.91. The van der Waals surface area contributed by atoms with Crippen molar-refractivity contribution >= 4 is 21.9 Å². The van der Waals surface area contributed by atoms with Crippen LogP contribution >= 0.6 is 15.9 Å². The average Bonchev–Trinajstić information content (AvgIpc) is 2.38. The maximum atomic E-state index is 12.9. The van der Waals surface area contributed by atoms with Crippen LogP contribution in [0.4, 0.5) is 22.0 Å². The van der Waals surface area contributed by atoms with Gasteiger partial charge in [0.25, 0.3) is 6.43 Å². The first-order valence-corrected chi connectivity index (χ1v) is 6.49. The van der Waals surface area contributed by atoms with E-state index in [0.717, 1.165) is 13.3 Å². The second-order valence-corrected chi connectivity index (χ2v) is 4.27. The van der Waals surface area contributed by atoms with Gasteiger partial charge in [-0.3, -0.25) is 9.78 Å². The molecule has 0 aromatic carbocycles. The highest BCUT2D eigenvalue weighted by Gasteiger charge is 2.35. The van der Waals surface area contributed by atoms with Crippen molar-refractivity contribution in [2.75, 3.05) is 7.11 Å². The first kappa shape index (κ1) is 17.6. The lowest BCUT2D eigenvalue weighted by atomic mass is 10.1. The Morgan fingerprint density at radius 3 is 2.48 bits per heavy atom. The van der Waals surface area contributed by atoms with Gasteiger partial charge >= 0.3 is 12.3 Å². The first-order valence-electron chi connectivity index (χ1n) is 5.37. The minimum absolute atomic E-state index is 0.115. The highest BCUT2D eigenvalue weighted by Crippen LogP contribution is 2.36. The number of esters is 1. The molecule has 0 radical (unpaired) electrons. The standard InChI is InChI=1S/C11H9BrF5NO3/c1-20-7(19)2-6-8(10(13)14)18-4-5(3-12)9(6)21-11(15,16)17/h4,10H,2-3H2,1H3. The topological polar surface area (TPSA) is 48.4 Å². The number of ether oxygens (including phenoxy) is 2. The third kappa shape index (κ3) is 4.80. The van der Waals surface area contributed by atoms with E-state index in [2.05, 4.69) is 30.4 Å². The van der Waals surface area contributed by atoms with Crippen molar-refractivity contribution in [3.8, 4) is 5.75 Å². The Morgan fingerprint density at radius 1 is 1.43 bits per heavy atom. The Hall–Kier alpha value is -1.45. The Balaban J connectivity index is 3.45. The minimum Gasteiger partial charge on any atom is -0.469 e. The number of hydrogen-bond acceptors (Lipinski definition) is 4. The van der Waals surface area contributed by atoms with Gasteiger partial charge in [-0.05, 0) is 0 Å². The summed E-state index contributed by atoms with van der Waals surface area (Å²) in [7, 11) is 0.983. The van der Waals surface area contributed by atoms with E-state index in [9.17, 15) is 26.7 Å². The monoisotopic (exact) mass is 377 g/mol. The molecule has 0 bridgehead atoms. The van der Waals surface area contributed by atoms with Crippen LogP contribution in [0.2, 0.25) is 0 Å². The normalized spacial score (nSPS) is 11.6. The van der Waals surface area contributed by atoms with E-state index in [1.165, 1.54) is 0 Å². The van der Waals surface area contributed by atoms with E-state index in [1.807, 2.05) is 0 Å². The van der Waals surface area contributed by atoms with E-state index in [4.69, 9.17) is 0 Å². The molecule has 0 atom stereocenters. The Bertz CT molecular complexity index is 521. The van der Waals surface area contributed by atoms with Crippen molar-refractivity contribution < 1.29 is 36.2 Å². The molecule has 4 nitrogen and oxygen atoms in total. The van der Waals surface area contributed by atoms with Crippen LogP contribution in [0.25, 0.3) is 0 Å². The average molecular weight is 378 g/mol. The van der Waals surface area contributed by atoms with Crippen molar-refractivity contribution in [1.29, 1.82) is 0 Å². The Labute approximate surface area is 124 Å². The molecule has 10 heteroatoms. The predicted octanol–water partition coefficient (Wildman–Crippen LogP) is 3.53. The molecule has 0 unspecified atom stereocenters. The fraction of sp³-hybridized carbons (Fsp3) is 0.455. The van der Waals surface area contributed by atoms with Crippen molar-refractivity contribution in [3.63, 3.8) is 0 Å². The molecule has 0 spiro atoms. The number of methoxy groups -OCH3 is 1. The number of alkyl halides is 6. The van der Waals surface area contributed by atoms with Crippen LogP contribution in [0.15, 0.2) is 6.20 Å². The quantitative estimate of drug-likeness (QED) is 0.447. The molecule has 0 saturated carbocycles. The zero-order valence-corrected chi connectivity index (χ0v) is 12.1. The Morgan fingerprint density at radius 2 is 2.05 bits per heavy atom. The molecule has 118 valence electrons. The summed E-state index contributed by atoms with van der Waals surface area (Å²) in [6.07, 6.45) is -8.24. The van der Waals surface area contributed by atoms with Crippen molar-refractivity contribution in [1.82, 2.24) is 4.98 Å². The fourth-order valence-electron chi connectivity index (χ4n) is 1.51. The summed E-state index contributed by atoms with van der Waals surface area (Å²) < 4.78 is 71.1. The molecular weight excluding hydrogens is 369 g/mol. The molecule has 0 aliphatic carbocycles.